The quantitative estimate of drug-likeness (QED) is 0.638. The molecule has 0 aromatic rings. The van der Waals surface area contributed by atoms with Crippen molar-refractivity contribution in [2.24, 2.45) is 5.73 Å². The Kier molecular flexibility index (Phi) is 3.91. The highest BCUT2D eigenvalue weighted by atomic mass is 19.2. The number of alkyl halides is 2. The Morgan fingerprint density at radius 2 is 2.10 bits per heavy atom. The van der Waals surface area contributed by atoms with Crippen molar-refractivity contribution < 1.29 is 13.6 Å². The Labute approximate surface area is 58.4 Å². The highest BCUT2D eigenvalue weighted by Gasteiger charge is 2.24. The van der Waals surface area contributed by atoms with Crippen molar-refractivity contribution in [1.29, 1.82) is 0 Å². The van der Waals surface area contributed by atoms with Gasteiger partial charge in [0.2, 0.25) is 6.17 Å². The summed E-state index contributed by atoms with van der Waals surface area (Å²) >= 11 is 0. The van der Waals surface area contributed by atoms with Gasteiger partial charge in [0.25, 0.3) is 5.91 Å². The molecule has 2 N–H and O–H groups in total. The molecule has 0 heterocycles. The summed E-state index contributed by atoms with van der Waals surface area (Å²) in [5, 5.41) is 0. The molecule has 0 aliphatic heterocycles. The molecule has 60 valence electrons. The second-order valence-corrected chi connectivity index (χ2v) is 2.11. The number of nitrogens with two attached hydrogens (primary N) is 1. The molecule has 0 aliphatic rings. The van der Waals surface area contributed by atoms with Crippen molar-refractivity contribution in [3.8, 4) is 0 Å². The van der Waals surface area contributed by atoms with E-state index in [0.717, 1.165) is 0 Å². The number of amides is 1. The number of primary amides is 1. The van der Waals surface area contributed by atoms with Gasteiger partial charge in [0, 0.05) is 0 Å². The van der Waals surface area contributed by atoms with E-state index in [1.165, 1.54) is 0 Å². The number of hydrogen-bond acceptors (Lipinski definition) is 1. The van der Waals surface area contributed by atoms with Crippen LogP contribution in [0.15, 0.2) is 0 Å². The lowest BCUT2D eigenvalue weighted by molar-refractivity contribution is -0.125. The van der Waals surface area contributed by atoms with Crippen LogP contribution in [0.4, 0.5) is 8.78 Å². The van der Waals surface area contributed by atoms with Crippen LogP contribution < -0.4 is 5.73 Å². The average Bonchev–Trinajstić information content (AvgIpc) is 1.87. The predicted molar refractivity (Wildman–Crippen MR) is 33.9 cm³/mol. The first-order valence-corrected chi connectivity index (χ1v) is 3.17. The van der Waals surface area contributed by atoms with Gasteiger partial charge in [-0.2, -0.15) is 0 Å². The van der Waals surface area contributed by atoms with Gasteiger partial charge in [-0.25, -0.2) is 8.78 Å². The van der Waals surface area contributed by atoms with Gasteiger partial charge in [-0.05, 0) is 6.42 Å². The normalized spacial score (nSPS) is 16.3. The zero-order chi connectivity index (χ0) is 8.15. The molecular formula is C6H11F2NO. The SMILES string of the molecule is CCC[C@@H](F)[C@@H](F)C(N)=O. The first-order chi connectivity index (χ1) is 4.59. The first-order valence-electron chi connectivity index (χ1n) is 3.17. The maximum atomic E-state index is 12.4. The van der Waals surface area contributed by atoms with Crippen LogP contribution in [-0.2, 0) is 4.79 Å². The molecule has 0 saturated carbocycles. The average molecular weight is 151 g/mol. The number of carbonyl (C=O) groups excluding carboxylic acids is 1. The summed E-state index contributed by atoms with van der Waals surface area (Å²) in [5.74, 6) is -1.22. The molecule has 0 bridgehead atoms. The second-order valence-electron chi connectivity index (χ2n) is 2.11. The van der Waals surface area contributed by atoms with Gasteiger partial charge in [0.15, 0.2) is 0 Å². The molecule has 0 radical (unpaired) electrons. The molecule has 10 heavy (non-hydrogen) atoms. The van der Waals surface area contributed by atoms with E-state index in [-0.39, 0.29) is 6.42 Å². The second kappa shape index (κ2) is 4.19. The molecule has 1 amide bonds. The smallest absolute Gasteiger partial charge is 0.255 e. The molecule has 0 spiro atoms. The lowest BCUT2D eigenvalue weighted by Gasteiger charge is -2.07. The minimum absolute atomic E-state index is 0.0457. The number of hydrogen-bond donors (Lipinski definition) is 1. The Morgan fingerprint density at radius 3 is 2.40 bits per heavy atom. The van der Waals surface area contributed by atoms with E-state index in [0.29, 0.717) is 6.42 Å². The van der Waals surface area contributed by atoms with Crippen molar-refractivity contribution >= 4 is 5.91 Å². The van der Waals surface area contributed by atoms with Gasteiger partial charge in [0.1, 0.15) is 6.17 Å². The topological polar surface area (TPSA) is 43.1 Å². The number of carbonyl (C=O) groups is 1. The maximum absolute atomic E-state index is 12.4. The molecule has 0 fully saturated rings. The highest BCUT2D eigenvalue weighted by Crippen LogP contribution is 2.09. The van der Waals surface area contributed by atoms with Gasteiger partial charge >= 0.3 is 0 Å². The molecule has 4 heteroatoms. The van der Waals surface area contributed by atoms with E-state index in [1.54, 1.807) is 6.92 Å². The zero-order valence-corrected chi connectivity index (χ0v) is 5.81. The first kappa shape index (κ1) is 9.33. The fourth-order valence-corrected chi connectivity index (χ4v) is 0.600. The van der Waals surface area contributed by atoms with Crippen molar-refractivity contribution in [2.45, 2.75) is 32.1 Å². The molecular weight excluding hydrogens is 140 g/mol. The largest absolute Gasteiger partial charge is 0.367 e. The molecule has 2 nitrogen and oxygen atoms in total. The lowest BCUT2D eigenvalue weighted by Crippen LogP contribution is -2.32. The van der Waals surface area contributed by atoms with Gasteiger partial charge in [-0.1, -0.05) is 13.3 Å². The fourth-order valence-electron chi connectivity index (χ4n) is 0.600. The summed E-state index contributed by atoms with van der Waals surface area (Å²) in [6.07, 6.45) is -3.32. The van der Waals surface area contributed by atoms with E-state index >= 15 is 0 Å². The van der Waals surface area contributed by atoms with Crippen LogP contribution in [0.1, 0.15) is 19.8 Å². The third-order valence-corrected chi connectivity index (χ3v) is 1.15. The lowest BCUT2D eigenvalue weighted by atomic mass is 10.1. The molecule has 0 aliphatic carbocycles. The molecule has 0 aromatic carbocycles. The van der Waals surface area contributed by atoms with Crippen LogP contribution in [0.3, 0.4) is 0 Å². The minimum atomic E-state index is -2.14. The fraction of sp³-hybridized carbons (Fsp3) is 0.833. The van der Waals surface area contributed by atoms with Crippen LogP contribution in [0, 0.1) is 0 Å². The highest BCUT2D eigenvalue weighted by molar-refractivity contribution is 5.79. The zero-order valence-electron chi connectivity index (χ0n) is 5.81. The van der Waals surface area contributed by atoms with Crippen molar-refractivity contribution in [3.63, 3.8) is 0 Å². The van der Waals surface area contributed by atoms with Crippen LogP contribution in [0.25, 0.3) is 0 Å². The number of halogens is 2. The Balaban J connectivity index is 3.69. The Bertz CT molecular complexity index is 118. The summed E-state index contributed by atoms with van der Waals surface area (Å²) in [5.41, 5.74) is 4.51. The Hall–Kier alpha value is -0.670. The van der Waals surface area contributed by atoms with Crippen LogP contribution in [0.5, 0.6) is 0 Å². The molecule has 0 rings (SSSR count). The molecule has 2 atom stereocenters. The van der Waals surface area contributed by atoms with E-state index in [1.807, 2.05) is 0 Å². The van der Waals surface area contributed by atoms with Crippen molar-refractivity contribution in [2.75, 3.05) is 0 Å². The van der Waals surface area contributed by atoms with Gasteiger partial charge in [-0.15, -0.1) is 0 Å². The van der Waals surface area contributed by atoms with Gasteiger partial charge < -0.3 is 5.73 Å². The van der Waals surface area contributed by atoms with E-state index in [4.69, 9.17) is 0 Å². The van der Waals surface area contributed by atoms with Crippen LogP contribution >= 0.6 is 0 Å². The van der Waals surface area contributed by atoms with Crippen molar-refractivity contribution in [3.05, 3.63) is 0 Å². The van der Waals surface area contributed by atoms with Crippen LogP contribution in [-0.4, -0.2) is 18.3 Å². The van der Waals surface area contributed by atoms with Crippen molar-refractivity contribution in [1.82, 2.24) is 0 Å². The van der Waals surface area contributed by atoms with Gasteiger partial charge in [0.05, 0.1) is 0 Å². The van der Waals surface area contributed by atoms with E-state index in [9.17, 15) is 13.6 Å². The third kappa shape index (κ3) is 2.75. The molecule has 0 saturated heterocycles. The van der Waals surface area contributed by atoms with E-state index in [2.05, 4.69) is 5.73 Å². The Morgan fingerprint density at radius 1 is 1.60 bits per heavy atom. The molecule has 0 unspecified atom stereocenters. The third-order valence-electron chi connectivity index (χ3n) is 1.15. The summed E-state index contributed by atoms with van der Waals surface area (Å²) < 4.78 is 24.6. The predicted octanol–water partition coefficient (Wildman–Crippen LogP) is 0.948. The molecule has 0 aromatic heterocycles. The van der Waals surface area contributed by atoms with E-state index < -0.39 is 18.3 Å². The maximum Gasteiger partial charge on any atom is 0.255 e. The summed E-state index contributed by atoms with van der Waals surface area (Å²) in [6, 6.07) is 0. The summed E-state index contributed by atoms with van der Waals surface area (Å²) in [6.45, 7) is 1.71. The number of rotatable bonds is 4. The monoisotopic (exact) mass is 151 g/mol. The van der Waals surface area contributed by atoms with Gasteiger partial charge in [-0.3, -0.25) is 4.79 Å². The summed E-state index contributed by atoms with van der Waals surface area (Å²) in [4.78, 5) is 10.0. The van der Waals surface area contributed by atoms with Crippen LogP contribution in [0.2, 0.25) is 0 Å². The summed E-state index contributed by atoms with van der Waals surface area (Å²) in [7, 11) is 0. The standard InChI is InChI=1S/C6H11F2NO/c1-2-3-4(7)5(8)6(9)10/h4-5H,2-3H2,1H3,(H2,9,10)/t4-,5-/m1/s1. The minimum Gasteiger partial charge on any atom is -0.367 e.